The lowest BCUT2D eigenvalue weighted by atomic mass is 9.87. The number of aryl methyl sites for hydroxylation is 1. The minimum Gasteiger partial charge on any atom is -0.468 e. The molecule has 28 heavy (non-hydrogen) atoms. The molecule has 1 aromatic carbocycles. The van der Waals surface area contributed by atoms with Crippen molar-refractivity contribution in [2.75, 3.05) is 20.8 Å². The summed E-state index contributed by atoms with van der Waals surface area (Å²) >= 11 is 0. The zero-order chi connectivity index (χ0) is 20.9. The smallest absolute Gasteiger partial charge is 0.324 e. The van der Waals surface area contributed by atoms with Crippen molar-refractivity contribution in [3.63, 3.8) is 0 Å². The number of sulfonamides is 1. The van der Waals surface area contributed by atoms with E-state index in [1.54, 1.807) is 12.1 Å². The van der Waals surface area contributed by atoms with Crippen molar-refractivity contribution in [3.8, 4) is 0 Å². The minimum atomic E-state index is -4.20. The number of nitrogens with zero attached hydrogens (tertiary/aromatic N) is 4. The van der Waals surface area contributed by atoms with Gasteiger partial charge in [0, 0.05) is 11.5 Å². The van der Waals surface area contributed by atoms with Crippen molar-refractivity contribution in [1.82, 2.24) is 4.31 Å². The van der Waals surface area contributed by atoms with Crippen LogP contribution in [0.2, 0.25) is 0 Å². The van der Waals surface area contributed by atoms with Crippen LogP contribution in [-0.4, -0.2) is 57.5 Å². The summed E-state index contributed by atoms with van der Waals surface area (Å²) in [4.78, 5) is 27.5. The van der Waals surface area contributed by atoms with Crippen LogP contribution >= 0.6 is 0 Å². The first-order valence-electron chi connectivity index (χ1n) is 8.53. The highest BCUT2D eigenvalue weighted by Gasteiger charge is 2.49. The second-order valence-electron chi connectivity index (χ2n) is 6.48. The van der Waals surface area contributed by atoms with Crippen molar-refractivity contribution in [3.05, 3.63) is 40.3 Å². The van der Waals surface area contributed by atoms with E-state index in [0.29, 0.717) is 0 Å². The predicted molar refractivity (Wildman–Crippen MR) is 98.5 cm³/mol. The third-order valence-electron chi connectivity index (χ3n) is 4.67. The first-order chi connectivity index (χ1) is 13.3. The summed E-state index contributed by atoms with van der Waals surface area (Å²) in [5, 5.41) is 3.50. The maximum absolute atomic E-state index is 13.3. The van der Waals surface area contributed by atoms with Crippen molar-refractivity contribution in [1.29, 1.82) is 0 Å². The fourth-order valence-electron chi connectivity index (χ4n) is 3.29. The molecule has 1 heterocycles. The Morgan fingerprint density at radius 2 is 1.64 bits per heavy atom. The molecular weight excluding hydrogens is 388 g/mol. The molecule has 0 bridgehead atoms. The third kappa shape index (κ3) is 4.44. The summed E-state index contributed by atoms with van der Waals surface area (Å²) in [7, 11) is -1.92. The van der Waals surface area contributed by atoms with Crippen LogP contribution in [0, 0.1) is 12.8 Å². The Hall–Kier alpha value is -2.62. The van der Waals surface area contributed by atoms with Gasteiger partial charge in [0.25, 0.3) is 0 Å². The van der Waals surface area contributed by atoms with Crippen LogP contribution in [0.4, 0.5) is 0 Å². The van der Waals surface area contributed by atoms with E-state index in [1.165, 1.54) is 12.1 Å². The SMILES string of the molecule is COC(=O)C1CC(CN=[N+]=[N-])CC(C(=O)OC)N1S(=O)(=O)c1ccc(C)cc1. The first kappa shape index (κ1) is 21.7. The molecule has 2 unspecified atom stereocenters. The lowest BCUT2D eigenvalue weighted by molar-refractivity contribution is -0.154. The number of piperidine rings is 1. The monoisotopic (exact) mass is 410 g/mol. The van der Waals surface area contributed by atoms with Gasteiger partial charge in [-0.2, -0.15) is 4.31 Å². The van der Waals surface area contributed by atoms with Crippen LogP contribution in [0.5, 0.6) is 0 Å². The third-order valence-corrected chi connectivity index (χ3v) is 6.61. The van der Waals surface area contributed by atoms with Gasteiger partial charge in [0.05, 0.1) is 19.1 Å². The van der Waals surface area contributed by atoms with Gasteiger partial charge in [-0.3, -0.25) is 9.59 Å². The highest BCUT2D eigenvalue weighted by Crippen LogP contribution is 2.34. The van der Waals surface area contributed by atoms with Crippen molar-refractivity contribution >= 4 is 22.0 Å². The average molecular weight is 410 g/mol. The molecular formula is C17H22N4O6S. The molecule has 1 fully saturated rings. The van der Waals surface area contributed by atoms with Crippen molar-refractivity contribution in [2.45, 2.75) is 36.7 Å². The molecule has 0 saturated carbocycles. The number of azide groups is 1. The molecule has 1 saturated heterocycles. The Morgan fingerprint density at radius 3 is 2.07 bits per heavy atom. The number of ether oxygens (including phenoxy) is 2. The average Bonchev–Trinajstić information content (AvgIpc) is 2.70. The van der Waals surface area contributed by atoms with E-state index in [4.69, 9.17) is 15.0 Å². The number of carbonyl (C=O) groups excluding carboxylic acids is 2. The summed E-state index contributed by atoms with van der Waals surface area (Å²) in [6.07, 6.45) is 0.120. The summed E-state index contributed by atoms with van der Waals surface area (Å²) in [6.45, 7) is 1.84. The second kappa shape index (κ2) is 9.05. The van der Waals surface area contributed by atoms with E-state index in [2.05, 4.69) is 10.0 Å². The zero-order valence-electron chi connectivity index (χ0n) is 15.8. The lowest BCUT2D eigenvalue weighted by Crippen LogP contribution is -2.58. The van der Waals surface area contributed by atoms with Gasteiger partial charge in [0.1, 0.15) is 12.1 Å². The maximum Gasteiger partial charge on any atom is 0.324 e. The number of rotatable bonds is 6. The Morgan fingerprint density at radius 1 is 1.14 bits per heavy atom. The summed E-state index contributed by atoms with van der Waals surface area (Å²) in [6, 6.07) is 3.60. The van der Waals surface area contributed by atoms with Gasteiger partial charge in [-0.25, -0.2) is 8.42 Å². The fraction of sp³-hybridized carbons (Fsp3) is 0.529. The van der Waals surface area contributed by atoms with Gasteiger partial charge in [-0.15, -0.1) is 0 Å². The molecule has 11 heteroatoms. The Labute approximate surface area is 163 Å². The number of hydrogen-bond acceptors (Lipinski definition) is 7. The topological polar surface area (TPSA) is 139 Å². The van der Waals surface area contributed by atoms with Crippen LogP contribution in [0.15, 0.2) is 34.3 Å². The Balaban J connectivity index is 2.56. The maximum atomic E-state index is 13.3. The van der Waals surface area contributed by atoms with E-state index in [1.807, 2.05) is 6.92 Å². The van der Waals surface area contributed by atoms with Gasteiger partial charge >= 0.3 is 11.9 Å². The van der Waals surface area contributed by atoms with E-state index in [0.717, 1.165) is 24.1 Å². The van der Waals surface area contributed by atoms with Crippen molar-refractivity contribution < 1.29 is 27.5 Å². The number of benzene rings is 1. The zero-order valence-corrected chi connectivity index (χ0v) is 16.6. The van der Waals surface area contributed by atoms with Gasteiger partial charge in [0.2, 0.25) is 10.0 Å². The Kier molecular flexibility index (Phi) is 7.00. The Bertz CT molecular complexity index is 853. The highest BCUT2D eigenvalue weighted by molar-refractivity contribution is 7.89. The normalized spacial score (nSPS) is 22.8. The van der Waals surface area contributed by atoms with Crippen LogP contribution in [0.1, 0.15) is 18.4 Å². The molecule has 2 rings (SSSR count). The van der Waals surface area contributed by atoms with Gasteiger partial charge in [-0.1, -0.05) is 22.8 Å². The summed E-state index contributed by atoms with van der Waals surface area (Å²) in [5.74, 6) is -1.97. The molecule has 0 amide bonds. The number of carbonyl (C=O) groups is 2. The lowest BCUT2D eigenvalue weighted by Gasteiger charge is -2.41. The van der Waals surface area contributed by atoms with Gasteiger partial charge in [-0.05, 0) is 43.3 Å². The molecule has 0 radical (unpaired) electrons. The van der Waals surface area contributed by atoms with Crippen molar-refractivity contribution in [2.24, 2.45) is 11.0 Å². The molecule has 0 aromatic heterocycles. The molecule has 0 N–H and O–H groups in total. The standard InChI is InChI=1S/C17H22N4O6S/c1-11-4-6-13(7-5-11)28(24,25)21-14(16(22)26-2)8-12(10-19-20-18)9-15(21)17(23)27-3/h4-7,12,14-15H,8-10H2,1-3H3. The fourth-order valence-corrected chi connectivity index (χ4v) is 5.03. The predicted octanol–water partition coefficient (Wildman–Crippen LogP) is 1.79. The van der Waals surface area contributed by atoms with Crippen LogP contribution < -0.4 is 0 Å². The number of methoxy groups -OCH3 is 2. The quantitative estimate of drug-likeness (QED) is 0.303. The molecule has 152 valence electrons. The summed E-state index contributed by atoms with van der Waals surface area (Å²) < 4.78 is 37.0. The van der Waals surface area contributed by atoms with E-state index in [9.17, 15) is 18.0 Å². The first-order valence-corrected chi connectivity index (χ1v) is 9.97. The molecule has 1 aromatic rings. The van der Waals surface area contributed by atoms with Crippen LogP contribution in [0.3, 0.4) is 0 Å². The highest BCUT2D eigenvalue weighted by atomic mass is 32.2. The number of hydrogen-bond donors (Lipinski definition) is 0. The van der Waals surface area contributed by atoms with Gasteiger partial charge < -0.3 is 9.47 Å². The van der Waals surface area contributed by atoms with Crippen LogP contribution in [0.25, 0.3) is 10.4 Å². The molecule has 10 nitrogen and oxygen atoms in total. The van der Waals surface area contributed by atoms with Gasteiger partial charge in [0.15, 0.2) is 0 Å². The number of esters is 2. The van der Waals surface area contributed by atoms with E-state index in [-0.39, 0.29) is 30.2 Å². The minimum absolute atomic E-state index is 0.0237. The largest absolute Gasteiger partial charge is 0.468 e. The summed E-state index contributed by atoms with van der Waals surface area (Å²) in [5.41, 5.74) is 9.42. The molecule has 2 atom stereocenters. The second-order valence-corrected chi connectivity index (χ2v) is 8.32. The molecule has 1 aliphatic heterocycles. The van der Waals surface area contributed by atoms with E-state index >= 15 is 0 Å². The molecule has 0 aliphatic carbocycles. The molecule has 0 spiro atoms. The van der Waals surface area contributed by atoms with Crippen LogP contribution in [-0.2, 0) is 29.1 Å². The molecule has 1 aliphatic rings. The van der Waals surface area contributed by atoms with E-state index < -0.39 is 34.0 Å².